The Morgan fingerprint density at radius 3 is 2.43 bits per heavy atom. The van der Waals surface area contributed by atoms with E-state index in [2.05, 4.69) is 10.3 Å². The van der Waals surface area contributed by atoms with Crippen LogP contribution in [0.1, 0.15) is 27.7 Å². The summed E-state index contributed by atoms with van der Waals surface area (Å²) in [5, 5.41) is 3.26. The smallest absolute Gasteiger partial charge is 0.194 e. The van der Waals surface area contributed by atoms with Crippen molar-refractivity contribution in [2.45, 2.75) is 38.5 Å². The van der Waals surface area contributed by atoms with Crippen LogP contribution in [0.3, 0.4) is 0 Å². The monoisotopic (exact) mass is 525 g/mol. The molecule has 1 N–H and O–H groups in total. The number of nitrogens with zero attached hydrogens (tertiary/aromatic N) is 2. The molecular formula is C19H32IN3O4S. The average Bonchev–Trinajstić information content (AvgIpc) is 2.61. The zero-order chi connectivity index (χ0) is 20.1. The number of methoxy groups -OCH3 is 1. The van der Waals surface area contributed by atoms with Gasteiger partial charge in [0.15, 0.2) is 15.8 Å². The van der Waals surface area contributed by atoms with E-state index in [9.17, 15) is 8.42 Å². The van der Waals surface area contributed by atoms with Crippen LogP contribution in [0.25, 0.3) is 0 Å². The van der Waals surface area contributed by atoms with Gasteiger partial charge in [-0.3, -0.25) is 0 Å². The van der Waals surface area contributed by atoms with Crippen molar-refractivity contribution < 1.29 is 17.9 Å². The first-order valence-corrected chi connectivity index (χ1v) is 10.9. The number of guanidine groups is 1. The third-order valence-corrected chi connectivity index (χ3v) is 7.11. The molecule has 0 saturated carbocycles. The van der Waals surface area contributed by atoms with E-state index in [1.807, 2.05) is 43.0 Å². The molecule has 0 aromatic heterocycles. The van der Waals surface area contributed by atoms with Gasteiger partial charge in [0.05, 0.1) is 24.2 Å². The fourth-order valence-corrected chi connectivity index (χ4v) is 4.26. The summed E-state index contributed by atoms with van der Waals surface area (Å²) in [5.41, 5.74) is 0. The molecule has 1 saturated heterocycles. The minimum absolute atomic E-state index is 0. The topological polar surface area (TPSA) is 80.2 Å². The first-order chi connectivity index (χ1) is 12.7. The van der Waals surface area contributed by atoms with Crippen molar-refractivity contribution in [1.82, 2.24) is 10.2 Å². The van der Waals surface area contributed by atoms with Gasteiger partial charge >= 0.3 is 0 Å². The number of aliphatic imine (C=N–C) groups is 1. The van der Waals surface area contributed by atoms with Crippen LogP contribution in [0.5, 0.6) is 11.5 Å². The second-order valence-corrected chi connectivity index (χ2v) is 10.0. The van der Waals surface area contributed by atoms with Crippen LogP contribution in [0.4, 0.5) is 0 Å². The van der Waals surface area contributed by atoms with Gasteiger partial charge in [0.25, 0.3) is 0 Å². The Balaban J connectivity index is 0.00000392. The SMILES string of the molecule is CCNC(=NCC(C)Oc1ccc(OC)cc1)N1CCS(=O)(=O)C(C)(C)C1.I. The normalized spacial score (nSPS) is 19.3. The van der Waals surface area contributed by atoms with E-state index in [0.29, 0.717) is 19.6 Å². The Hall–Kier alpha value is -1.23. The summed E-state index contributed by atoms with van der Waals surface area (Å²) in [4.78, 5) is 6.69. The van der Waals surface area contributed by atoms with Crippen molar-refractivity contribution in [3.63, 3.8) is 0 Å². The van der Waals surface area contributed by atoms with Gasteiger partial charge in [0, 0.05) is 19.6 Å². The lowest BCUT2D eigenvalue weighted by atomic mass is 10.2. The Labute approximate surface area is 185 Å². The molecule has 0 aliphatic carbocycles. The Morgan fingerprint density at radius 2 is 1.89 bits per heavy atom. The maximum atomic E-state index is 12.2. The van der Waals surface area contributed by atoms with Gasteiger partial charge in [0.1, 0.15) is 17.6 Å². The van der Waals surface area contributed by atoms with E-state index in [-0.39, 0.29) is 35.8 Å². The maximum absolute atomic E-state index is 12.2. The molecule has 0 amide bonds. The van der Waals surface area contributed by atoms with Crippen molar-refractivity contribution >= 4 is 39.8 Å². The van der Waals surface area contributed by atoms with Gasteiger partial charge in [-0.1, -0.05) is 0 Å². The highest BCUT2D eigenvalue weighted by molar-refractivity contribution is 14.0. The largest absolute Gasteiger partial charge is 0.497 e. The molecule has 1 heterocycles. The molecule has 7 nitrogen and oxygen atoms in total. The predicted octanol–water partition coefficient (Wildman–Crippen LogP) is 2.56. The molecule has 1 unspecified atom stereocenters. The number of benzene rings is 1. The maximum Gasteiger partial charge on any atom is 0.194 e. The summed E-state index contributed by atoms with van der Waals surface area (Å²) in [6.07, 6.45) is -0.117. The standard InChI is InChI=1S/C19H31N3O4S.HI/c1-6-20-18(22-11-12-27(23,24)19(3,4)14-22)21-13-15(2)26-17-9-7-16(25-5)8-10-17;/h7-10,15H,6,11-14H2,1-5H3,(H,20,21);1H. The highest BCUT2D eigenvalue weighted by Crippen LogP contribution is 2.24. The molecule has 1 aromatic rings. The molecule has 160 valence electrons. The number of sulfone groups is 1. The third-order valence-electron chi connectivity index (χ3n) is 4.57. The van der Waals surface area contributed by atoms with Crippen molar-refractivity contribution in [2.24, 2.45) is 4.99 Å². The minimum atomic E-state index is -3.08. The number of halogens is 1. The van der Waals surface area contributed by atoms with Crippen LogP contribution < -0.4 is 14.8 Å². The van der Waals surface area contributed by atoms with Gasteiger partial charge in [-0.05, 0) is 52.0 Å². The Kier molecular flexibility index (Phi) is 9.32. The molecule has 1 aromatic carbocycles. The van der Waals surface area contributed by atoms with Crippen LogP contribution in [-0.2, 0) is 9.84 Å². The highest BCUT2D eigenvalue weighted by atomic mass is 127. The molecule has 0 bridgehead atoms. The zero-order valence-electron chi connectivity index (χ0n) is 17.3. The van der Waals surface area contributed by atoms with E-state index in [0.717, 1.165) is 24.0 Å². The Bertz CT molecular complexity index is 751. The molecule has 9 heteroatoms. The van der Waals surface area contributed by atoms with Crippen LogP contribution >= 0.6 is 24.0 Å². The molecular weight excluding hydrogens is 493 g/mol. The lowest BCUT2D eigenvalue weighted by Gasteiger charge is -2.39. The van der Waals surface area contributed by atoms with Gasteiger partial charge in [-0.2, -0.15) is 0 Å². The molecule has 0 spiro atoms. The number of hydrogen-bond acceptors (Lipinski definition) is 5. The summed E-state index contributed by atoms with van der Waals surface area (Å²) >= 11 is 0. The fraction of sp³-hybridized carbons (Fsp3) is 0.632. The first-order valence-electron chi connectivity index (χ1n) is 9.25. The van der Waals surface area contributed by atoms with Crippen LogP contribution in [-0.4, -0.2) is 69.2 Å². The summed E-state index contributed by atoms with van der Waals surface area (Å²) < 4.78 is 34.7. The van der Waals surface area contributed by atoms with Crippen LogP contribution in [0.2, 0.25) is 0 Å². The molecule has 1 aliphatic rings. The van der Waals surface area contributed by atoms with E-state index in [1.165, 1.54) is 0 Å². The van der Waals surface area contributed by atoms with Gasteiger partial charge in [0.2, 0.25) is 0 Å². The molecule has 0 radical (unpaired) electrons. The van der Waals surface area contributed by atoms with Gasteiger partial charge < -0.3 is 19.7 Å². The summed E-state index contributed by atoms with van der Waals surface area (Å²) in [6.45, 7) is 9.57. The average molecular weight is 525 g/mol. The van der Waals surface area contributed by atoms with E-state index in [1.54, 1.807) is 21.0 Å². The highest BCUT2D eigenvalue weighted by Gasteiger charge is 2.40. The van der Waals surface area contributed by atoms with Crippen molar-refractivity contribution in [3.8, 4) is 11.5 Å². The van der Waals surface area contributed by atoms with Crippen LogP contribution in [0, 0.1) is 0 Å². The lowest BCUT2D eigenvalue weighted by molar-refractivity contribution is 0.229. The molecule has 1 fully saturated rings. The number of hydrogen-bond donors (Lipinski definition) is 1. The zero-order valence-corrected chi connectivity index (χ0v) is 20.4. The van der Waals surface area contributed by atoms with Gasteiger partial charge in [-0.15, -0.1) is 24.0 Å². The van der Waals surface area contributed by atoms with Crippen molar-refractivity contribution in [3.05, 3.63) is 24.3 Å². The lowest BCUT2D eigenvalue weighted by Crippen LogP contribution is -2.57. The molecule has 1 atom stereocenters. The number of rotatable bonds is 6. The molecule has 1 aliphatic heterocycles. The van der Waals surface area contributed by atoms with E-state index in [4.69, 9.17) is 9.47 Å². The fourth-order valence-electron chi connectivity index (χ4n) is 2.89. The van der Waals surface area contributed by atoms with Crippen molar-refractivity contribution in [1.29, 1.82) is 0 Å². The van der Waals surface area contributed by atoms with Gasteiger partial charge in [-0.25, -0.2) is 13.4 Å². The third kappa shape index (κ3) is 6.40. The quantitative estimate of drug-likeness (QED) is 0.350. The number of ether oxygens (including phenoxy) is 2. The van der Waals surface area contributed by atoms with E-state index >= 15 is 0 Å². The Morgan fingerprint density at radius 1 is 1.29 bits per heavy atom. The molecule has 2 rings (SSSR count). The second kappa shape index (κ2) is 10.5. The van der Waals surface area contributed by atoms with Crippen molar-refractivity contribution in [2.75, 3.05) is 39.0 Å². The van der Waals surface area contributed by atoms with Crippen LogP contribution in [0.15, 0.2) is 29.3 Å². The second-order valence-electron chi connectivity index (χ2n) is 7.30. The summed E-state index contributed by atoms with van der Waals surface area (Å²) in [7, 11) is -1.45. The number of nitrogens with one attached hydrogen (secondary N) is 1. The predicted molar refractivity (Wildman–Crippen MR) is 124 cm³/mol. The first kappa shape index (κ1) is 24.8. The van der Waals surface area contributed by atoms with E-state index < -0.39 is 14.6 Å². The minimum Gasteiger partial charge on any atom is -0.497 e. The molecule has 28 heavy (non-hydrogen) atoms. The summed E-state index contributed by atoms with van der Waals surface area (Å²) in [5.74, 6) is 2.41. The summed E-state index contributed by atoms with van der Waals surface area (Å²) in [6, 6.07) is 7.43.